The lowest BCUT2D eigenvalue weighted by Gasteiger charge is -2.39. The molecule has 1 N–H and O–H groups in total. The lowest BCUT2D eigenvalue weighted by molar-refractivity contribution is -0.144. The van der Waals surface area contributed by atoms with Gasteiger partial charge >= 0.3 is 11.9 Å². The Kier molecular flexibility index (Phi) is 8.01. The van der Waals surface area contributed by atoms with Crippen LogP contribution in [0.2, 0.25) is 0 Å². The molecule has 218 valence electrons. The number of carbonyl (C=O) groups excluding carboxylic acids is 3. The van der Waals surface area contributed by atoms with Gasteiger partial charge in [0.05, 0.1) is 24.0 Å². The molecule has 3 aromatic carbocycles. The number of ether oxygens (including phenoxy) is 3. The number of amides is 1. The molecule has 0 aliphatic carbocycles. The van der Waals surface area contributed by atoms with Gasteiger partial charge in [0, 0.05) is 24.2 Å². The summed E-state index contributed by atoms with van der Waals surface area (Å²) in [6.07, 6.45) is 2.61. The summed E-state index contributed by atoms with van der Waals surface area (Å²) in [5, 5.41) is 2.98. The number of esters is 2. The van der Waals surface area contributed by atoms with E-state index in [0.717, 1.165) is 10.6 Å². The molecule has 0 saturated heterocycles. The number of thioether (sulfide) groups is 1. The summed E-state index contributed by atoms with van der Waals surface area (Å²) < 4.78 is 31.0. The molecule has 3 aromatic rings. The fourth-order valence-electron chi connectivity index (χ4n) is 5.15. The highest BCUT2D eigenvalue weighted by Gasteiger charge is 2.39. The van der Waals surface area contributed by atoms with E-state index in [-0.39, 0.29) is 35.0 Å². The van der Waals surface area contributed by atoms with Crippen LogP contribution in [0.3, 0.4) is 0 Å². The summed E-state index contributed by atoms with van der Waals surface area (Å²) in [6.45, 7) is 5.49. The highest BCUT2D eigenvalue weighted by Crippen LogP contribution is 2.45. The van der Waals surface area contributed by atoms with Crippen molar-refractivity contribution in [2.45, 2.75) is 44.6 Å². The topological polar surface area (TPSA) is 94.2 Å². The Labute approximate surface area is 247 Å². The smallest absolute Gasteiger partial charge is 0.346 e. The maximum absolute atomic E-state index is 14.1. The van der Waals surface area contributed by atoms with E-state index in [1.165, 1.54) is 43.1 Å². The second-order valence-electron chi connectivity index (χ2n) is 10.6. The Bertz CT molecular complexity index is 1620. The van der Waals surface area contributed by atoms with E-state index in [9.17, 15) is 18.8 Å². The molecule has 0 fully saturated rings. The number of likely N-dealkylation sites (N-methyl/N-ethyl adjacent to an activating group) is 1. The van der Waals surface area contributed by atoms with E-state index < -0.39 is 17.3 Å². The van der Waals surface area contributed by atoms with Crippen LogP contribution in [0.5, 0.6) is 11.5 Å². The number of hydrogen-bond acceptors (Lipinski definition) is 8. The number of methoxy groups -OCH3 is 1. The van der Waals surface area contributed by atoms with Crippen LogP contribution in [0.4, 0.5) is 15.8 Å². The predicted molar refractivity (Wildman–Crippen MR) is 160 cm³/mol. The summed E-state index contributed by atoms with van der Waals surface area (Å²) in [5.41, 5.74) is 2.20. The second kappa shape index (κ2) is 11.5. The number of anilines is 2. The Morgan fingerprint density at radius 3 is 2.55 bits per heavy atom. The normalized spacial score (nSPS) is 17.2. The molecule has 1 atom stereocenters. The molecule has 0 saturated carbocycles. The number of rotatable bonds is 7. The summed E-state index contributed by atoms with van der Waals surface area (Å²) in [7, 11) is 3.17. The molecule has 1 amide bonds. The third-order valence-electron chi connectivity index (χ3n) is 7.24. The number of carbonyl (C=O) groups is 3. The quantitative estimate of drug-likeness (QED) is 0.252. The molecule has 2 heterocycles. The number of benzene rings is 3. The maximum atomic E-state index is 14.1. The van der Waals surface area contributed by atoms with Crippen molar-refractivity contribution in [3.8, 4) is 22.6 Å². The molecule has 42 heavy (non-hydrogen) atoms. The molecule has 10 heteroatoms. The number of nitrogens with zero attached hydrogens (tertiary/aromatic N) is 1. The summed E-state index contributed by atoms with van der Waals surface area (Å²) in [6, 6.07) is 14.1. The van der Waals surface area contributed by atoms with Crippen LogP contribution in [0, 0.1) is 5.82 Å². The third-order valence-corrected chi connectivity index (χ3v) is 8.45. The Balaban J connectivity index is 1.52. The minimum absolute atomic E-state index is 0.0830. The lowest BCUT2D eigenvalue weighted by Crippen LogP contribution is -2.52. The Morgan fingerprint density at radius 2 is 1.86 bits per heavy atom. The summed E-state index contributed by atoms with van der Waals surface area (Å²) >= 11 is 1.48. The minimum atomic E-state index is -0.840. The first kappa shape index (κ1) is 29.2. The van der Waals surface area contributed by atoms with Gasteiger partial charge < -0.3 is 24.4 Å². The van der Waals surface area contributed by atoms with Crippen LogP contribution in [0.1, 0.15) is 43.1 Å². The first-order valence-electron chi connectivity index (χ1n) is 13.4. The van der Waals surface area contributed by atoms with E-state index in [2.05, 4.69) is 5.32 Å². The van der Waals surface area contributed by atoms with Crippen molar-refractivity contribution in [3.05, 3.63) is 82.5 Å². The third kappa shape index (κ3) is 5.59. The van der Waals surface area contributed by atoms with Gasteiger partial charge in [0.1, 0.15) is 34.7 Å². The van der Waals surface area contributed by atoms with Crippen molar-refractivity contribution in [2.75, 3.05) is 24.4 Å². The van der Waals surface area contributed by atoms with Crippen LogP contribution < -0.4 is 19.7 Å². The zero-order chi connectivity index (χ0) is 30.2. The second-order valence-corrected chi connectivity index (χ2v) is 12.0. The molecule has 8 nitrogen and oxygen atoms in total. The molecule has 2 aliphatic rings. The van der Waals surface area contributed by atoms with E-state index in [1.807, 2.05) is 25.1 Å². The van der Waals surface area contributed by atoms with Crippen molar-refractivity contribution in [1.82, 2.24) is 0 Å². The average Bonchev–Trinajstić information content (AvgIpc) is 3.40. The van der Waals surface area contributed by atoms with Gasteiger partial charge in [-0.15, -0.1) is 11.8 Å². The number of fused-ring (bicyclic) bond motifs is 1. The van der Waals surface area contributed by atoms with Gasteiger partial charge in [0.2, 0.25) is 0 Å². The van der Waals surface area contributed by atoms with Crippen LogP contribution >= 0.6 is 11.8 Å². The molecule has 0 bridgehead atoms. The number of hydrogen-bond donors (Lipinski definition) is 1. The zero-order valence-corrected chi connectivity index (χ0v) is 24.8. The largest absolute Gasteiger partial charge is 0.496 e. The highest BCUT2D eigenvalue weighted by atomic mass is 32.2. The standard InChI is InChI=1S/C32H31FN2O6S/c1-18-10-15-27(42-18)30(37)40-17-23-20(13-14-25-28(23)35(4)31(38)32(2,3)34-25)21-12-11-19(16-26(21)39-5)41-29(36)22-8-6-7-9-24(22)33/h6-14,16,27,34H,15,17H2,1-5H3. The monoisotopic (exact) mass is 590 g/mol. The molecule has 2 aliphatic heterocycles. The molecular weight excluding hydrogens is 559 g/mol. The zero-order valence-electron chi connectivity index (χ0n) is 23.9. The van der Waals surface area contributed by atoms with Gasteiger partial charge in [-0.25, -0.2) is 9.18 Å². The van der Waals surface area contributed by atoms with Crippen molar-refractivity contribution in [2.24, 2.45) is 0 Å². The van der Waals surface area contributed by atoms with Crippen molar-refractivity contribution < 1.29 is 33.0 Å². The predicted octanol–water partition coefficient (Wildman–Crippen LogP) is 6.34. The molecule has 5 rings (SSSR count). The van der Waals surface area contributed by atoms with E-state index >= 15 is 0 Å². The molecule has 0 spiro atoms. The lowest BCUT2D eigenvalue weighted by atomic mass is 9.91. The summed E-state index contributed by atoms with van der Waals surface area (Å²) in [4.78, 5) is 41.5. The van der Waals surface area contributed by atoms with Gasteiger partial charge in [0.15, 0.2) is 0 Å². The molecular formula is C32H31FN2O6S. The number of nitrogens with one attached hydrogen (secondary N) is 1. The van der Waals surface area contributed by atoms with Crippen LogP contribution in [0.15, 0.2) is 65.6 Å². The Morgan fingerprint density at radius 1 is 1.12 bits per heavy atom. The van der Waals surface area contributed by atoms with E-state index in [4.69, 9.17) is 14.2 Å². The fraction of sp³-hybridized carbons (Fsp3) is 0.281. The molecule has 0 radical (unpaired) electrons. The number of halogens is 1. The van der Waals surface area contributed by atoms with Gasteiger partial charge in [-0.3, -0.25) is 9.59 Å². The van der Waals surface area contributed by atoms with Gasteiger partial charge in [-0.05, 0) is 68.0 Å². The molecule has 1 unspecified atom stereocenters. The van der Waals surface area contributed by atoms with Crippen LogP contribution in [-0.2, 0) is 20.9 Å². The first-order valence-corrected chi connectivity index (χ1v) is 14.3. The average molecular weight is 591 g/mol. The van der Waals surface area contributed by atoms with E-state index in [0.29, 0.717) is 34.5 Å². The van der Waals surface area contributed by atoms with Crippen molar-refractivity contribution in [3.63, 3.8) is 0 Å². The maximum Gasteiger partial charge on any atom is 0.346 e. The van der Waals surface area contributed by atoms with Crippen molar-refractivity contribution >= 4 is 41.0 Å². The number of allylic oxidation sites excluding steroid dienone is 2. The first-order chi connectivity index (χ1) is 20.0. The van der Waals surface area contributed by atoms with Crippen LogP contribution in [0.25, 0.3) is 11.1 Å². The summed E-state index contributed by atoms with van der Waals surface area (Å²) in [5.74, 6) is -1.48. The van der Waals surface area contributed by atoms with Gasteiger partial charge in [-0.2, -0.15) is 0 Å². The van der Waals surface area contributed by atoms with Crippen molar-refractivity contribution in [1.29, 1.82) is 0 Å². The van der Waals surface area contributed by atoms with Gasteiger partial charge in [-0.1, -0.05) is 24.3 Å². The molecule has 0 aromatic heterocycles. The van der Waals surface area contributed by atoms with Gasteiger partial charge in [0.25, 0.3) is 5.91 Å². The highest BCUT2D eigenvalue weighted by molar-refractivity contribution is 8.04. The SMILES string of the molecule is COc1cc(OC(=O)c2ccccc2F)ccc1-c1ccc2c(c1COC(=O)C1CC=C(C)S1)N(C)C(=O)C(C)(C)N2. The Hall–Kier alpha value is -4.31. The van der Waals surface area contributed by atoms with Crippen LogP contribution in [-0.4, -0.2) is 42.8 Å². The van der Waals surface area contributed by atoms with E-state index in [1.54, 1.807) is 44.0 Å². The fourth-order valence-corrected chi connectivity index (χ4v) is 6.15. The minimum Gasteiger partial charge on any atom is -0.496 e.